The van der Waals surface area contributed by atoms with Gasteiger partial charge < -0.3 is 20.1 Å². The molecule has 0 unspecified atom stereocenters. The van der Waals surface area contributed by atoms with Gasteiger partial charge in [0.2, 0.25) is 0 Å². The van der Waals surface area contributed by atoms with E-state index >= 15 is 0 Å². The lowest BCUT2D eigenvalue weighted by Gasteiger charge is -2.12. The first-order valence-electron chi connectivity index (χ1n) is 5.91. The summed E-state index contributed by atoms with van der Waals surface area (Å²) in [5.41, 5.74) is 2.00. The second-order valence-corrected chi connectivity index (χ2v) is 3.96. The van der Waals surface area contributed by atoms with Crippen LogP contribution in [0.2, 0.25) is 0 Å². The number of rotatable bonds is 1. The molecule has 1 aromatic heterocycles. The van der Waals surface area contributed by atoms with Gasteiger partial charge in [0, 0.05) is 38.3 Å². The zero-order valence-corrected chi connectivity index (χ0v) is 10.2. The van der Waals surface area contributed by atoms with Gasteiger partial charge in [-0.25, -0.2) is 0 Å². The fraction of sp³-hybridized carbons (Fsp3) is 0.583. The molecule has 0 atom stereocenters. The van der Waals surface area contributed by atoms with Crippen LogP contribution in [0, 0.1) is 0 Å². The highest BCUT2D eigenvalue weighted by molar-refractivity contribution is 5.27. The van der Waals surface area contributed by atoms with Crippen LogP contribution in [0.3, 0.4) is 0 Å². The van der Waals surface area contributed by atoms with Crippen molar-refractivity contribution in [1.82, 2.24) is 15.6 Å². The molecular formula is C12H19N3O2. The molecule has 0 spiro atoms. The molecule has 5 nitrogen and oxygen atoms in total. The zero-order chi connectivity index (χ0) is 11.9. The minimum Gasteiger partial charge on any atom is -0.497 e. The number of pyridine rings is 1. The lowest BCUT2D eigenvalue weighted by Crippen LogP contribution is -2.25. The molecule has 17 heavy (non-hydrogen) atoms. The average Bonchev–Trinajstić information content (AvgIpc) is 2.35. The number of fused-ring (bicyclic) bond motifs is 2. The average molecular weight is 237 g/mol. The molecule has 1 aliphatic heterocycles. The van der Waals surface area contributed by atoms with E-state index in [1.54, 1.807) is 7.11 Å². The summed E-state index contributed by atoms with van der Waals surface area (Å²) in [5.74, 6) is 0.863. The molecule has 2 bridgehead atoms. The fourth-order valence-corrected chi connectivity index (χ4v) is 1.74. The lowest BCUT2D eigenvalue weighted by molar-refractivity contribution is 0.137. The number of methoxy groups -OCH3 is 1. The number of ether oxygens (including phenoxy) is 2. The van der Waals surface area contributed by atoms with Crippen LogP contribution in [0.4, 0.5) is 0 Å². The number of nitrogens with zero attached hydrogens (tertiary/aromatic N) is 1. The molecule has 0 amide bonds. The summed E-state index contributed by atoms with van der Waals surface area (Å²) in [6.45, 7) is 4.64. The second-order valence-electron chi connectivity index (χ2n) is 3.96. The van der Waals surface area contributed by atoms with Crippen LogP contribution in [0.1, 0.15) is 11.4 Å². The van der Waals surface area contributed by atoms with Gasteiger partial charge in [-0.2, -0.15) is 0 Å². The van der Waals surface area contributed by atoms with Crippen molar-refractivity contribution in [2.24, 2.45) is 0 Å². The van der Waals surface area contributed by atoms with Crippen molar-refractivity contribution < 1.29 is 9.47 Å². The quantitative estimate of drug-likeness (QED) is 0.736. The Hall–Kier alpha value is -1.17. The summed E-state index contributed by atoms with van der Waals surface area (Å²) in [5, 5.41) is 6.60. The molecule has 0 aliphatic carbocycles. The summed E-state index contributed by atoms with van der Waals surface area (Å²) in [6, 6.07) is 3.92. The van der Waals surface area contributed by atoms with E-state index in [-0.39, 0.29) is 0 Å². The molecule has 1 aliphatic rings. The van der Waals surface area contributed by atoms with Gasteiger partial charge in [-0.15, -0.1) is 0 Å². The molecule has 5 heteroatoms. The van der Waals surface area contributed by atoms with Crippen LogP contribution in [0.15, 0.2) is 12.1 Å². The molecule has 2 heterocycles. The van der Waals surface area contributed by atoms with E-state index in [0.717, 1.165) is 56.5 Å². The third kappa shape index (κ3) is 3.96. The van der Waals surface area contributed by atoms with Crippen LogP contribution in [-0.2, 0) is 17.8 Å². The third-order valence-electron chi connectivity index (χ3n) is 2.60. The molecule has 0 radical (unpaired) electrons. The summed E-state index contributed by atoms with van der Waals surface area (Å²) >= 11 is 0. The molecule has 2 N–H and O–H groups in total. The van der Waals surface area contributed by atoms with Gasteiger partial charge in [0.15, 0.2) is 0 Å². The normalized spacial score (nSPS) is 17.9. The molecular weight excluding hydrogens is 218 g/mol. The molecule has 0 aromatic carbocycles. The van der Waals surface area contributed by atoms with Crippen molar-refractivity contribution >= 4 is 0 Å². The predicted molar refractivity (Wildman–Crippen MR) is 65.0 cm³/mol. The van der Waals surface area contributed by atoms with E-state index in [2.05, 4.69) is 15.6 Å². The lowest BCUT2D eigenvalue weighted by atomic mass is 10.2. The van der Waals surface area contributed by atoms with Crippen LogP contribution < -0.4 is 15.4 Å². The smallest absolute Gasteiger partial charge is 0.122 e. The highest BCUT2D eigenvalue weighted by Gasteiger charge is 2.04. The van der Waals surface area contributed by atoms with Gasteiger partial charge in [0.1, 0.15) is 5.75 Å². The van der Waals surface area contributed by atoms with Crippen molar-refractivity contribution in [2.45, 2.75) is 13.1 Å². The number of nitrogens with one attached hydrogen (secondary N) is 2. The van der Waals surface area contributed by atoms with Crippen molar-refractivity contribution in [3.05, 3.63) is 23.5 Å². The Bertz CT molecular complexity index is 329. The molecule has 1 aromatic rings. The van der Waals surface area contributed by atoms with Crippen LogP contribution >= 0.6 is 0 Å². The summed E-state index contributed by atoms with van der Waals surface area (Å²) < 4.78 is 10.7. The molecule has 2 rings (SSSR count). The van der Waals surface area contributed by atoms with Crippen molar-refractivity contribution in [3.8, 4) is 5.75 Å². The minimum atomic E-state index is 0.735. The van der Waals surface area contributed by atoms with E-state index < -0.39 is 0 Å². The van der Waals surface area contributed by atoms with Gasteiger partial charge in [-0.05, 0) is 0 Å². The van der Waals surface area contributed by atoms with E-state index in [9.17, 15) is 0 Å². The first-order chi connectivity index (χ1) is 8.38. The van der Waals surface area contributed by atoms with Crippen LogP contribution in [0.25, 0.3) is 0 Å². The van der Waals surface area contributed by atoms with Gasteiger partial charge >= 0.3 is 0 Å². The standard InChI is InChI=1S/C12H19N3O2/c1-16-12-6-10-8-13-2-4-17-5-3-14-9-11(7-12)15-10/h6-7,13-14H,2-5,8-9H2,1H3. The van der Waals surface area contributed by atoms with Crippen LogP contribution in [-0.4, -0.2) is 38.4 Å². The Morgan fingerprint density at radius 2 is 1.71 bits per heavy atom. The maximum atomic E-state index is 5.45. The molecule has 0 saturated carbocycles. The largest absolute Gasteiger partial charge is 0.497 e. The van der Waals surface area contributed by atoms with E-state index in [1.165, 1.54) is 0 Å². The number of hydrogen-bond donors (Lipinski definition) is 2. The van der Waals surface area contributed by atoms with E-state index in [4.69, 9.17) is 9.47 Å². The zero-order valence-electron chi connectivity index (χ0n) is 10.2. The summed E-state index contributed by atoms with van der Waals surface area (Å²) in [4.78, 5) is 4.57. The molecule has 0 saturated heterocycles. The number of aromatic nitrogens is 1. The SMILES string of the molecule is COc1cc2nc(c1)CNCCOCCNC2. The maximum Gasteiger partial charge on any atom is 0.122 e. The van der Waals surface area contributed by atoms with Crippen molar-refractivity contribution in [2.75, 3.05) is 33.4 Å². The second kappa shape index (κ2) is 6.54. The Kier molecular flexibility index (Phi) is 4.73. The van der Waals surface area contributed by atoms with Gasteiger partial charge in [0.05, 0.1) is 31.7 Å². The first-order valence-corrected chi connectivity index (χ1v) is 5.91. The highest BCUT2D eigenvalue weighted by Crippen LogP contribution is 2.13. The van der Waals surface area contributed by atoms with Gasteiger partial charge in [-0.1, -0.05) is 0 Å². The summed E-state index contributed by atoms with van der Waals surface area (Å²) in [7, 11) is 1.68. The van der Waals surface area contributed by atoms with E-state index in [1.807, 2.05) is 12.1 Å². The van der Waals surface area contributed by atoms with E-state index in [0.29, 0.717) is 0 Å². The summed E-state index contributed by atoms with van der Waals surface area (Å²) in [6.07, 6.45) is 0. The Labute approximate surface area is 102 Å². The van der Waals surface area contributed by atoms with Gasteiger partial charge in [-0.3, -0.25) is 4.98 Å². The fourth-order valence-electron chi connectivity index (χ4n) is 1.74. The Morgan fingerprint density at radius 3 is 2.24 bits per heavy atom. The minimum absolute atomic E-state index is 0.735. The Balaban J connectivity index is 2.11. The predicted octanol–water partition coefficient (Wildman–Crippen LogP) is 0.300. The number of hydrogen-bond acceptors (Lipinski definition) is 5. The van der Waals surface area contributed by atoms with Gasteiger partial charge in [0.25, 0.3) is 0 Å². The first kappa shape index (κ1) is 12.3. The van der Waals surface area contributed by atoms with Crippen LogP contribution in [0.5, 0.6) is 5.75 Å². The topological polar surface area (TPSA) is 55.4 Å². The highest BCUT2D eigenvalue weighted by atomic mass is 16.5. The third-order valence-corrected chi connectivity index (χ3v) is 2.60. The van der Waals surface area contributed by atoms with Crippen molar-refractivity contribution in [1.29, 1.82) is 0 Å². The van der Waals surface area contributed by atoms with Crippen molar-refractivity contribution in [3.63, 3.8) is 0 Å². The Morgan fingerprint density at radius 1 is 1.12 bits per heavy atom. The monoisotopic (exact) mass is 237 g/mol. The maximum absolute atomic E-state index is 5.45. The molecule has 94 valence electrons. The molecule has 0 fully saturated rings.